The monoisotopic (exact) mass is 712 g/mol. The molecule has 5 aromatic rings. The van der Waals surface area contributed by atoms with Crippen molar-refractivity contribution in [2.45, 2.75) is 46.7 Å². The molecule has 0 saturated carbocycles. The summed E-state index contributed by atoms with van der Waals surface area (Å²) in [5.74, 6) is 0.101. The third kappa shape index (κ3) is 7.72. The van der Waals surface area contributed by atoms with Gasteiger partial charge in [0.1, 0.15) is 0 Å². The zero-order valence-electron chi connectivity index (χ0n) is 24.7. The molecule has 1 fully saturated rings. The molecule has 0 radical (unpaired) electrons. The van der Waals surface area contributed by atoms with Gasteiger partial charge in [-0.05, 0) is 39.9 Å². The Hall–Kier alpha value is -2.66. The van der Waals surface area contributed by atoms with Gasteiger partial charge in [0, 0.05) is 23.8 Å². The highest BCUT2D eigenvalue weighted by atomic mass is 35.6. The van der Waals surface area contributed by atoms with Crippen LogP contribution in [0.25, 0.3) is 21.3 Å². The fraction of sp³-hybridized carbons (Fsp3) is 0.257. The first-order chi connectivity index (χ1) is 22.2. The number of nitrogens with one attached hydrogen (secondary N) is 1. The van der Waals surface area contributed by atoms with Crippen LogP contribution in [0.15, 0.2) is 101 Å². The van der Waals surface area contributed by atoms with E-state index in [0.29, 0.717) is 0 Å². The van der Waals surface area contributed by atoms with E-state index in [9.17, 15) is 9.90 Å². The molecule has 6 nitrogen and oxygen atoms in total. The van der Waals surface area contributed by atoms with Crippen LogP contribution in [0.4, 0.5) is 0 Å². The molecule has 4 atom stereocenters. The lowest BCUT2D eigenvalue weighted by Gasteiger charge is -2.41. The van der Waals surface area contributed by atoms with Crippen LogP contribution in [0.3, 0.4) is 0 Å². The van der Waals surface area contributed by atoms with E-state index >= 15 is 0 Å². The Morgan fingerprint density at radius 2 is 1.63 bits per heavy atom. The van der Waals surface area contributed by atoms with E-state index in [2.05, 4.69) is 18.3 Å². The number of nitrogens with zero attached hydrogens (tertiary/aromatic N) is 1. The predicted molar refractivity (Wildman–Crippen MR) is 187 cm³/mol. The number of ether oxygens (including phenoxy) is 2. The molecule has 46 heavy (non-hydrogen) atoms. The van der Waals surface area contributed by atoms with E-state index in [0.717, 1.165) is 49.0 Å². The highest BCUT2D eigenvalue weighted by Crippen LogP contribution is 2.44. The molecule has 1 amide bonds. The van der Waals surface area contributed by atoms with E-state index in [1.807, 2.05) is 91.0 Å². The van der Waals surface area contributed by atoms with Crippen LogP contribution >= 0.6 is 57.9 Å². The number of rotatable bonds is 9. The number of carbonyl (C=O) groups excluding carboxylic acids is 1. The maximum absolute atomic E-state index is 12.1. The normalized spacial score (nSPS) is 20.1. The number of alkyl halides is 3. The second kappa shape index (κ2) is 14.6. The molecule has 1 saturated heterocycles. The summed E-state index contributed by atoms with van der Waals surface area (Å²) in [6.45, 7) is 2.36. The number of aliphatic hydroxyl groups is 1. The molecular formula is C35H31Cl3N2O4S2. The number of hydrogen-bond donors (Lipinski definition) is 2. The molecule has 0 unspecified atom stereocenters. The van der Waals surface area contributed by atoms with Crippen LogP contribution in [-0.2, 0) is 27.4 Å². The van der Waals surface area contributed by atoms with Crippen LogP contribution in [0, 0.1) is 5.92 Å². The molecule has 0 aliphatic carbocycles. The summed E-state index contributed by atoms with van der Waals surface area (Å²) < 4.78 is 13.4. The SMILES string of the molecule is C[C@@H]1[C@H](CSc2nc3ccccc3s2)O[C@H](c2ccc(-c3ccccc3CNC(=O)C(Cl)(Cl)Cl)cc2)O[C@@H]1c1ccc(CO)cc1. The number of aromatic nitrogens is 1. The van der Waals surface area contributed by atoms with Gasteiger partial charge in [0.2, 0.25) is 0 Å². The van der Waals surface area contributed by atoms with E-state index in [1.165, 1.54) is 4.70 Å². The van der Waals surface area contributed by atoms with Crippen LogP contribution < -0.4 is 5.32 Å². The number of aliphatic hydroxyl groups excluding tert-OH is 1. The van der Waals surface area contributed by atoms with Crippen molar-refractivity contribution in [3.63, 3.8) is 0 Å². The number of carbonyl (C=O) groups is 1. The predicted octanol–water partition coefficient (Wildman–Crippen LogP) is 9.03. The second-order valence-corrected chi connectivity index (χ2v) is 15.6. The summed E-state index contributed by atoms with van der Waals surface area (Å²) in [7, 11) is 0. The highest BCUT2D eigenvalue weighted by molar-refractivity contribution is 8.01. The van der Waals surface area contributed by atoms with Crippen molar-refractivity contribution in [1.29, 1.82) is 0 Å². The van der Waals surface area contributed by atoms with Crippen molar-refractivity contribution < 1.29 is 19.4 Å². The average molecular weight is 714 g/mol. The number of hydrogen-bond acceptors (Lipinski definition) is 7. The Kier molecular flexibility index (Phi) is 10.6. The van der Waals surface area contributed by atoms with Gasteiger partial charge in [-0.2, -0.15) is 0 Å². The lowest BCUT2D eigenvalue weighted by Crippen LogP contribution is -2.38. The molecule has 2 heterocycles. The van der Waals surface area contributed by atoms with Gasteiger partial charge < -0.3 is 19.9 Å². The quantitative estimate of drug-likeness (QED) is 0.117. The van der Waals surface area contributed by atoms with E-state index < -0.39 is 16.0 Å². The van der Waals surface area contributed by atoms with Crippen molar-refractivity contribution >= 4 is 74.0 Å². The molecule has 4 aromatic carbocycles. The molecular weight excluding hydrogens is 683 g/mol. The molecule has 11 heteroatoms. The van der Waals surface area contributed by atoms with Gasteiger partial charge in [-0.25, -0.2) is 4.98 Å². The Morgan fingerprint density at radius 1 is 0.935 bits per heavy atom. The van der Waals surface area contributed by atoms with Crippen LogP contribution in [-0.4, -0.2) is 31.6 Å². The minimum Gasteiger partial charge on any atom is -0.392 e. The van der Waals surface area contributed by atoms with E-state index in [1.54, 1.807) is 23.1 Å². The fourth-order valence-electron chi connectivity index (χ4n) is 5.43. The Morgan fingerprint density at radius 3 is 2.35 bits per heavy atom. The van der Waals surface area contributed by atoms with Crippen LogP contribution in [0.5, 0.6) is 0 Å². The van der Waals surface area contributed by atoms with Crippen molar-refractivity contribution in [1.82, 2.24) is 10.3 Å². The Labute approximate surface area is 291 Å². The smallest absolute Gasteiger partial charge is 0.272 e. The minimum absolute atomic E-state index is 0.0106. The third-order valence-corrected chi connectivity index (χ3v) is 10.8. The lowest BCUT2D eigenvalue weighted by molar-refractivity contribution is -0.268. The van der Waals surface area contributed by atoms with Gasteiger partial charge in [0.05, 0.1) is 29.0 Å². The lowest BCUT2D eigenvalue weighted by atomic mass is 9.91. The number of thioether (sulfide) groups is 1. The van der Waals surface area contributed by atoms with Crippen molar-refractivity contribution in [3.05, 3.63) is 119 Å². The van der Waals surface area contributed by atoms with Gasteiger partial charge >= 0.3 is 0 Å². The number of halogens is 3. The molecule has 2 N–H and O–H groups in total. The summed E-state index contributed by atoms with van der Waals surface area (Å²) >= 11 is 20.6. The van der Waals surface area contributed by atoms with Crippen LogP contribution in [0.2, 0.25) is 0 Å². The average Bonchev–Trinajstić information content (AvgIpc) is 3.50. The Balaban J connectivity index is 1.23. The number of amides is 1. The van der Waals surface area contributed by atoms with Crippen molar-refractivity contribution in [2.24, 2.45) is 5.92 Å². The van der Waals surface area contributed by atoms with Crippen molar-refractivity contribution in [2.75, 3.05) is 5.75 Å². The molecule has 6 rings (SSSR count). The molecule has 238 valence electrons. The molecule has 1 aromatic heterocycles. The summed E-state index contributed by atoms with van der Waals surface area (Å²) in [5, 5.41) is 12.3. The van der Waals surface area contributed by atoms with Gasteiger partial charge in [-0.15, -0.1) is 11.3 Å². The standard InChI is InChI=1S/C35H31Cl3N2O4S2/c1-21-29(20-45-34-40-28-8-4-5-9-30(28)46-34)43-32(44-31(21)24-12-10-22(19-41)11-13-24)25-16-14-23(15-17-25)27-7-3-2-6-26(27)18-39-33(42)35(36,37)38/h2-17,21,29,31-32,41H,18-20H2,1H3,(H,39,42)/t21-,29+,31+,32+/m1/s1. The first-order valence-corrected chi connectivity index (χ1v) is 17.7. The van der Waals surface area contributed by atoms with E-state index in [-0.39, 0.29) is 31.3 Å². The molecule has 1 aliphatic rings. The van der Waals surface area contributed by atoms with E-state index in [4.69, 9.17) is 49.3 Å². The second-order valence-electron chi connectivity index (χ2n) is 11.0. The Bertz CT molecular complexity index is 1760. The molecule has 1 aliphatic heterocycles. The van der Waals surface area contributed by atoms with Gasteiger partial charge in [0.15, 0.2) is 10.6 Å². The maximum atomic E-state index is 12.1. The fourth-order valence-corrected chi connectivity index (χ4v) is 7.89. The molecule has 0 spiro atoms. The van der Waals surface area contributed by atoms with Crippen molar-refractivity contribution in [3.8, 4) is 11.1 Å². The summed E-state index contributed by atoms with van der Waals surface area (Å²) in [6.07, 6.45) is -0.915. The van der Waals surface area contributed by atoms with Gasteiger partial charge in [0.25, 0.3) is 9.70 Å². The number of fused-ring (bicyclic) bond motifs is 1. The topological polar surface area (TPSA) is 80.7 Å². The minimum atomic E-state index is -2.03. The number of para-hydroxylation sites is 1. The van der Waals surface area contributed by atoms with Gasteiger partial charge in [-0.1, -0.05) is 138 Å². The number of benzene rings is 4. The summed E-state index contributed by atoms with van der Waals surface area (Å²) in [5.41, 5.74) is 6.58. The zero-order chi connectivity index (χ0) is 32.3. The first kappa shape index (κ1) is 33.2. The first-order valence-electron chi connectivity index (χ1n) is 14.7. The summed E-state index contributed by atoms with van der Waals surface area (Å²) in [6, 6.07) is 31.9. The maximum Gasteiger partial charge on any atom is 0.272 e. The zero-order valence-corrected chi connectivity index (χ0v) is 28.6. The number of thiazole rings is 1. The summed E-state index contributed by atoms with van der Waals surface area (Å²) in [4.78, 5) is 16.9. The third-order valence-electron chi connectivity index (χ3n) is 7.98. The van der Waals surface area contributed by atoms with Gasteiger partial charge in [-0.3, -0.25) is 4.79 Å². The largest absolute Gasteiger partial charge is 0.392 e. The van der Waals surface area contributed by atoms with Crippen LogP contribution in [0.1, 0.15) is 41.6 Å². The highest BCUT2D eigenvalue weighted by Gasteiger charge is 2.38. The molecule has 0 bridgehead atoms.